The highest BCUT2D eigenvalue weighted by Crippen LogP contribution is 1.72. The number of nitrogens with zero attached hydrogens (tertiary/aromatic N) is 2. The van der Waals surface area contributed by atoms with Crippen molar-refractivity contribution in [2.24, 2.45) is 16.0 Å². The lowest BCUT2D eigenvalue weighted by Crippen LogP contribution is -2.03. The standard InChI is InChI=1S/C4H8N4/c1-2-3-7-8-4(5)6/h2H,1,3H2,(H3,5,6). The van der Waals surface area contributed by atoms with Crippen molar-refractivity contribution in [1.82, 2.24) is 0 Å². The topological polar surface area (TPSA) is 74.6 Å². The monoisotopic (exact) mass is 112 g/mol. The molecule has 0 bridgehead atoms. The number of guanidine groups is 1. The summed E-state index contributed by atoms with van der Waals surface area (Å²) in [5, 5.41) is 13.2. The molecule has 0 aliphatic rings. The van der Waals surface area contributed by atoms with Gasteiger partial charge in [0.15, 0.2) is 0 Å². The zero-order chi connectivity index (χ0) is 6.41. The van der Waals surface area contributed by atoms with Gasteiger partial charge in [-0.05, 0) is 0 Å². The van der Waals surface area contributed by atoms with Crippen LogP contribution in [0.3, 0.4) is 0 Å². The summed E-state index contributed by atoms with van der Waals surface area (Å²) in [5.74, 6) is -0.271. The Morgan fingerprint density at radius 1 is 1.88 bits per heavy atom. The molecule has 0 amide bonds. The first-order valence-electron chi connectivity index (χ1n) is 2.10. The summed E-state index contributed by atoms with van der Waals surface area (Å²) in [7, 11) is 0. The zero-order valence-electron chi connectivity index (χ0n) is 4.46. The van der Waals surface area contributed by atoms with E-state index in [1.807, 2.05) is 0 Å². The molecule has 0 aromatic heterocycles. The van der Waals surface area contributed by atoms with Gasteiger partial charge in [0.05, 0.1) is 6.54 Å². The molecule has 4 heteroatoms. The molecule has 0 rings (SSSR count). The first kappa shape index (κ1) is 6.81. The second-order valence-electron chi connectivity index (χ2n) is 1.10. The fourth-order valence-corrected chi connectivity index (χ4v) is 0.175. The zero-order valence-corrected chi connectivity index (χ0v) is 4.46. The fraction of sp³-hybridized carbons (Fsp3) is 0.250. The Labute approximate surface area is 47.6 Å². The summed E-state index contributed by atoms with van der Waals surface area (Å²) in [5.41, 5.74) is 4.82. The average molecular weight is 112 g/mol. The molecule has 3 N–H and O–H groups in total. The highest BCUT2D eigenvalue weighted by molar-refractivity contribution is 5.74. The van der Waals surface area contributed by atoms with E-state index in [2.05, 4.69) is 16.8 Å². The maximum atomic E-state index is 6.56. The first-order chi connectivity index (χ1) is 3.77. The molecule has 0 aliphatic heterocycles. The molecule has 0 aromatic carbocycles. The van der Waals surface area contributed by atoms with Crippen LogP contribution in [0.4, 0.5) is 0 Å². The van der Waals surface area contributed by atoms with E-state index in [-0.39, 0.29) is 5.96 Å². The van der Waals surface area contributed by atoms with E-state index in [9.17, 15) is 0 Å². The van der Waals surface area contributed by atoms with Crippen LogP contribution in [0.5, 0.6) is 0 Å². The molecule has 0 unspecified atom stereocenters. The minimum atomic E-state index is -0.271. The summed E-state index contributed by atoms with van der Waals surface area (Å²) >= 11 is 0. The van der Waals surface area contributed by atoms with Crippen LogP contribution in [0.25, 0.3) is 0 Å². The van der Waals surface area contributed by atoms with Gasteiger partial charge in [0.2, 0.25) is 5.96 Å². The van der Waals surface area contributed by atoms with Crippen molar-refractivity contribution in [3.8, 4) is 0 Å². The predicted octanol–water partition coefficient (Wildman–Crippen LogP) is 0.518. The quantitative estimate of drug-likeness (QED) is 0.232. The van der Waals surface area contributed by atoms with Gasteiger partial charge in [-0.25, -0.2) is 0 Å². The molecule has 0 radical (unpaired) electrons. The highest BCUT2D eigenvalue weighted by Gasteiger charge is 1.73. The number of hydrogen-bond donors (Lipinski definition) is 2. The summed E-state index contributed by atoms with van der Waals surface area (Å²) in [6.07, 6.45) is 1.58. The van der Waals surface area contributed by atoms with Crippen molar-refractivity contribution in [3.63, 3.8) is 0 Å². The smallest absolute Gasteiger partial charge is 0.232 e. The minimum Gasteiger partial charge on any atom is -0.367 e. The Balaban J connectivity index is 3.34. The first-order valence-corrected chi connectivity index (χ1v) is 2.10. The van der Waals surface area contributed by atoms with Crippen molar-refractivity contribution < 1.29 is 0 Å². The van der Waals surface area contributed by atoms with Gasteiger partial charge in [0, 0.05) is 0 Å². The molecule has 8 heavy (non-hydrogen) atoms. The van der Waals surface area contributed by atoms with Crippen molar-refractivity contribution >= 4 is 5.96 Å². The van der Waals surface area contributed by atoms with E-state index in [0.717, 1.165) is 0 Å². The van der Waals surface area contributed by atoms with E-state index >= 15 is 0 Å². The summed E-state index contributed by atoms with van der Waals surface area (Å²) in [4.78, 5) is 0. The van der Waals surface area contributed by atoms with Crippen LogP contribution in [-0.2, 0) is 0 Å². The van der Waals surface area contributed by atoms with E-state index < -0.39 is 0 Å². The molecule has 0 saturated heterocycles. The lowest BCUT2D eigenvalue weighted by molar-refractivity contribution is 1.08. The van der Waals surface area contributed by atoms with Gasteiger partial charge in [-0.3, -0.25) is 5.41 Å². The third kappa shape index (κ3) is 4.81. The van der Waals surface area contributed by atoms with Crippen molar-refractivity contribution in [2.45, 2.75) is 0 Å². The number of hydrogen-bond acceptors (Lipinski definition) is 2. The molecule has 0 heterocycles. The van der Waals surface area contributed by atoms with Gasteiger partial charge in [0.25, 0.3) is 0 Å². The number of rotatable bonds is 2. The Bertz CT molecular complexity index is 115. The maximum absolute atomic E-state index is 6.56. The molecule has 0 saturated carbocycles. The van der Waals surface area contributed by atoms with Gasteiger partial charge in [-0.2, -0.15) is 5.11 Å². The normalized spacial score (nSPS) is 9.50. The van der Waals surface area contributed by atoms with Crippen LogP contribution in [0.2, 0.25) is 0 Å². The lowest BCUT2D eigenvalue weighted by atomic mass is 10.7. The van der Waals surface area contributed by atoms with Crippen molar-refractivity contribution in [2.75, 3.05) is 6.54 Å². The summed E-state index contributed by atoms with van der Waals surface area (Å²) < 4.78 is 0. The van der Waals surface area contributed by atoms with Gasteiger partial charge in [-0.1, -0.05) is 6.08 Å². The van der Waals surface area contributed by atoms with Gasteiger partial charge in [-0.15, -0.1) is 11.7 Å². The Morgan fingerprint density at radius 2 is 2.50 bits per heavy atom. The molecule has 0 spiro atoms. The lowest BCUT2D eigenvalue weighted by Gasteiger charge is -1.79. The molecular weight excluding hydrogens is 104 g/mol. The molecule has 0 atom stereocenters. The van der Waals surface area contributed by atoms with Crippen LogP contribution >= 0.6 is 0 Å². The molecule has 4 nitrogen and oxygen atoms in total. The predicted molar refractivity (Wildman–Crippen MR) is 31.8 cm³/mol. The van der Waals surface area contributed by atoms with E-state index in [1.165, 1.54) is 0 Å². The van der Waals surface area contributed by atoms with Crippen LogP contribution in [0.1, 0.15) is 0 Å². The van der Waals surface area contributed by atoms with Crippen LogP contribution in [-0.4, -0.2) is 12.5 Å². The maximum Gasteiger partial charge on any atom is 0.232 e. The van der Waals surface area contributed by atoms with Crippen molar-refractivity contribution in [1.29, 1.82) is 5.41 Å². The third-order valence-electron chi connectivity index (χ3n) is 0.389. The Morgan fingerprint density at radius 3 is 2.88 bits per heavy atom. The molecule has 0 aromatic rings. The average Bonchev–Trinajstić information content (AvgIpc) is 1.66. The molecule has 0 fully saturated rings. The van der Waals surface area contributed by atoms with Gasteiger partial charge in [0.1, 0.15) is 0 Å². The molecule has 44 valence electrons. The number of nitrogens with one attached hydrogen (secondary N) is 1. The third-order valence-corrected chi connectivity index (χ3v) is 0.389. The number of azo groups is 1. The van der Waals surface area contributed by atoms with Crippen molar-refractivity contribution in [3.05, 3.63) is 12.7 Å². The van der Waals surface area contributed by atoms with E-state index in [0.29, 0.717) is 6.54 Å². The van der Waals surface area contributed by atoms with Gasteiger partial charge < -0.3 is 5.73 Å². The molecular formula is C4H8N4. The Hall–Kier alpha value is -1.19. The molecule has 0 aliphatic carbocycles. The van der Waals surface area contributed by atoms with Gasteiger partial charge >= 0.3 is 0 Å². The summed E-state index contributed by atoms with van der Waals surface area (Å²) in [6.45, 7) is 3.81. The van der Waals surface area contributed by atoms with Crippen LogP contribution in [0, 0.1) is 5.41 Å². The van der Waals surface area contributed by atoms with Crippen LogP contribution < -0.4 is 5.73 Å². The Kier molecular flexibility index (Phi) is 3.39. The van der Waals surface area contributed by atoms with E-state index in [1.54, 1.807) is 6.08 Å². The second kappa shape index (κ2) is 3.98. The largest absolute Gasteiger partial charge is 0.367 e. The van der Waals surface area contributed by atoms with E-state index in [4.69, 9.17) is 11.1 Å². The fourth-order valence-electron chi connectivity index (χ4n) is 0.175. The second-order valence-corrected chi connectivity index (χ2v) is 1.10. The number of nitrogens with two attached hydrogens (primary N) is 1. The highest BCUT2D eigenvalue weighted by atomic mass is 15.2. The SMILES string of the molecule is C=CCN=NC(=N)N. The van der Waals surface area contributed by atoms with Crippen LogP contribution in [0.15, 0.2) is 22.9 Å². The minimum absolute atomic E-state index is 0.271. The summed E-state index contributed by atoms with van der Waals surface area (Å²) in [6, 6.07) is 0.